The van der Waals surface area contributed by atoms with Gasteiger partial charge in [-0.1, -0.05) is 0 Å². The van der Waals surface area contributed by atoms with E-state index in [9.17, 15) is 18.0 Å². The smallest absolute Gasteiger partial charge is 0.417 e. The van der Waals surface area contributed by atoms with Gasteiger partial charge in [-0.05, 0) is 24.6 Å². The second-order valence-electron chi connectivity index (χ2n) is 4.18. The van der Waals surface area contributed by atoms with Crippen molar-refractivity contribution in [3.8, 4) is 0 Å². The molecule has 3 N–H and O–H groups in total. The lowest BCUT2D eigenvalue weighted by Gasteiger charge is -2.13. The minimum Gasteiger partial charge on any atom is -0.478 e. The van der Waals surface area contributed by atoms with Gasteiger partial charge in [0.15, 0.2) is 0 Å². The van der Waals surface area contributed by atoms with E-state index in [0.29, 0.717) is 25.3 Å². The largest absolute Gasteiger partial charge is 0.478 e. The Balaban J connectivity index is 2.65. The van der Waals surface area contributed by atoms with Gasteiger partial charge in [-0.2, -0.15) is 13.2 Å². The van der Waals surface area contributed by atoms with E-state index < -0.39 is 23.3 Å². The van der Waals surface area contributed by atoms with Crippen molar-refractivity contribution >= 4 is 11.7 Å². The van der Waals surface area contributed by atoms with E-state index in [2.05, 4.69) is 5.32 Å². The first kappa shape index (κ1) is 17.3. The highest BCUT2D eigenvalue weighted by atomic mass is 19.4. The first-order chi connectivity index (χ1) is 9.86. The lowest BCUT2D eigenvalue weighted by Crippen LogP contribution is -2.14. The molecule has 0 unspecified atom stereocenters. The summed E-state index contributed by atoms with van der Waals surface area (Å²) in [6.45, 7) is 0.952. The van der Waals surface area contributed by atoms with E-state index in [-0.39, 0.29) is 13.2 Å². The number of aromatic carboxylic acids is 1. The molecule has 0 radical (unpaired) electrons. The topological polar surface area (TPSA) is 78.8 Å². The normalized spacial score (nSPS) is 11.4. The van der Waals surface area contributed by atoms with E-state index in [4.69, 9.17) is 14.9 Å². The summed E-state index contributed by atoms with van der Waals surface area (Å²) in [6, 6.07) is 2.89. The number of aliphatic hydroxyl groups excluding tert-OH is 1. The van der Waals surface area contributed by atoms with Crippen molar-refractivity contribution < 1.29 is 32.9 Å². The Labute approximate surface area is 119 Å². The third kappa shape index (κ3) is 5.60. The van der Waals surface area contributed by atoms with Crippen molar-refractivity contribution in [3.05, 3.63) is 29.3 Å². The van der Waals surface area contributed by atoms with Crippen molar-refractivity contribution in [1.29, 1.82) is 0 Å². The second kappa shape index (κ2) is 7.84. The van der Waals surface area contributed by atoms with Gasteiger partial charge in [0, 0.05) is 18.8 Å². The van der Waals surface area contributed by atoms with E-state index in [1.807, 2.05) is 0 Å². The number of halogens is 3. The number of hydrogen-bond donors (Lipinski definition) is 3. The van der Waals surface area contributed by atoms with Gasteiger partial charge in [0.1, 0.15) is 0 Å². The number of anilines is 1. The van der Waals surface area contributed by atoms with Crippen LogP contribution in [0.1, 0.15) is 22.3 Å². The third-order valence-electron chi connectivity index (χ3n) is 2.59. The molecule has 0 aliphatic heterocycles. The number of hydrogen-bond acceptors (Lipinski definition) is 4. The maximum Gasteiger partial charge on any atom is 0.417 e. The standard InChI is InChI=1S/C13H16F3NO4/c14-13(15,16)11-3-2-9(8-10(11)12(19)20)17-4-1-6-21-7-5-18/h2-3,8,17-18H,1,4-7H2,(H,19,20). The molecule has 8 heteroatoms. The van der Waals surface area contributed by atoms with Gasteiger partial charge in [-0.25, -0.2) is 4.79 Å². The van der Waals surface area contributed by atoms with Crippen LogP contribution in [0.3, 0.4) is 0 Å². The van der Waals surface area contributed by atoms with Crippen LogP contribution in [0, 0.1) is 0 Å². The average Bonchev–Trinajstić information content (AvgIpc) is 2.41. The van der Waals surface area contributed by atoms with E-state index in [1.165, 1.54) is 6.07 Å². The molecule has 21 heavy (non-hydrogen) atoms. The molecule has 0 atom stereocenters. The second-order valence-corrected chi connectivity index (χ2v) is 4.18. The molecule has 0 saturated heterocycles. The van der Waals surface area contributed by atoms with E-state index in [0.717, 1.165) is 12.1 Å². The zero-order valence-corrected chi connectivity index (χ0v) is 11.1. The molecule has 0 aromatic heterocycles. The van der Waals surface area contributed by atoms with Gasteiger partial charge in [0.05, 0.1) is 24.3 Å². The molecular formula is C13H16F3NO4. The van der Waals surface area contributed by atoms with Crippen molar-refractivity contribution in [2.75, 3.05) is 31.7 Å². The number of benzene rings is 1. The lowest BCUT2D eigenvalue weighted by molar-refractivity contribution is -0.138. The predicted molar refractivity (Wildman–Crippen MR) is 69.4 cm³/mol. The molecule has 0 spiro atoms. The molecule has 0 aliphatic rings. The van der Waals surface area contributed by atoms with Crippen LogP contribution in [0.15, 0.2) is 18.2 Å². The van der Waals surface area contributed by atoms with Crippen LogP contribution in [0.5, 0.6) is 0 Å². The quantitative estimate of drug-likeness (QED) is 0.642. The molecule has 0 heterocycles. The molecule has 118 valence electrons. The number of aliphatic hydroxyl groups is 1. The molecule has 5 nitrogen and oxygen atoms in total. The molecule has 1 aromatic rings. The summed E-state index contributed by atoms with van der Waals surface area (Å²) < 4.78 is 42.9. The maximum absolute atomic E-state index is 12.6. The Kier molecular flexibility index (Phi) is 6.44. The molecule has 0 fully saturated rings. The van der Waals surface area contributed by atoms with Crippen LogP contribution < -0.4 is 5.32 Å². The Hall–Kier alpha value is -1.80. The maximum atomic E-state index is 12.6. The highest BCUT2D eigenvalue weighted by Crippen LogP contribution is 2.33. The number of carboxylic acids is 1. The number of carboxylic acid groups (broad SMARTS) is 1. The van der Waals surface area contributed by atoms with Gasteiger partial charge in [0.2, 0.25) is 0 Å². The molecule has 0 saturated carbocycles. The first-order valence-corrected chi connectivity index (χ1v) is 6.23. The zero-order valence-electron chi connectivity index (χ0n) is 11.1. The Morgan fingerprint density at radius 3 is 2.57 bits per heavy atom. The van der Waals surface area contributed by atoms with Crippen molar-refractivity contribution in [2.45, 2.75) is 12.6 Å². The van der Waals surface area contributed by atoms with Crippen LogP contribution in [0.2, 0.25) is 0 Å². The molecule has 1 aromatic carbocycles. The van der Waals surface area contributed by atoms with Gasteiger partial charge in [-0.3, -0.25) is 0 Å². The number of carbonyl (C=O) groups is 1. The summed E-state index contributed by atoms with van der Waals surface area (Å²) in [5.74, 6) is -1.63. The van der Waals surface area contributed by atoms with Crippen molar-refractivity contribution in [1.82, 2.24) is 0 Å². The van der Waals surface area contributed by atoms with Gasteiger partial charge in [0.25, 0.3) is 0 Å². The van der Waals surface area contributed by atoms with Crippen LogP contribution in [-0.2, 0) is 10.9 Å². The Morgan fingerprint density at radius 1 is 1.29 bits per heavy atom. The van der Waals surface area contributed by atoms with Crippen LogP contribution in [0.4, 0.5) is 18.9 Å². The number of nitrogens with one attached hydrogen (secondary N) is 1. The summed E-state index contributed by atoms with van der Waals surface area (Å²) in [6.07, 6.45) is -4.13. The molecular weight excluding hydrogens is 291 g/mol. The SMILES string of the molecule is O=C(O)c1cc(NCCCOCCO)ccc1C(F)(F)F. The van der Waals surface area contributed by atoms with Gasteiger partial charge in [-0.15, -0.1) is 0 Å². The summed E-state index contributed by atoms with van der Waals surface area (Å²) in [5.41, 5.74) is -1.67. The molecule has 1 rings (SSSR count). The first-order valence-electron chi connectivity index (χ1n) is 6.23. The predicted octanol–water partition coefficient (Wildman–Crippen LogP) is 2.21. The van der Waals surface area contributed by atoms with E-state index >= 15 is 0 Å². The monoisotopic (exact) mass is 307 g/mol. The summed E-state index contributed by atoms with van der Waals surface area (Å²) in [5, 5.41) is 20.2. The fourth-order valence-corrected chi connectivity index (χ4v) is 1.65. The minimum atomic E-state index is -4.70. The average molecular weight is 307 g/mol. The fourth-order valence-electron chi connectivity index (χ4n) is 1.65. The minimum absolute atomic E-state index is 0.0751. The lowest BCUT2D eigenvalue weighted by atomic mass is 10.1. The van der Waals surface area contributed by atoms with Gasteiger partial charge >= 0.3 is 12.1 Å². The summed E-state index contributed by atoms with van der Waals surface area (Å²) in [4.78, 5) is 10.9. The van der Waals surface area contributed by atoms with Gasteiger partial charge < -0.3 is 20.3 Å². The Morgan fingerprint density at radius 2 is 2.00 bits per heavy atom. The highest BCUT2D eigenvalue weighted by Gasteiger charge is 2.35. The fraction of sp³-hybridized carbons (Fsp3) is 0.462. The zero-order chi connectivity index (χ0) is 15.9. The summed E-state index contributed by atoms with van der Waals surface area (Å²) >= 11 is 0. The Bertz CT molecular complexity index is 477. The number of alkyl halides is 3. The molecule has 0 amide bonds. The van der Waals surface area contributed by atoms with Crippen molar-refractivity contribution in [2.24, 2.45) is 0 Å². The highest BCUT2D eigenvalue weighted by molar-refractivity contribution is 5.91. The number of rotatable bonds is 8. The summed E-state index contributed by atoms with van der Waals surface area (Å²) in [7, 11) is 0. The third-order valence-corrected chi connectivity index (χ3v) is 2.59. The van der Waals surface area contributed by atoms with Crippen LogP contribution in [0.25, 0.3) is 0 Å². The molecule has 0 bridgehead atoms. The van der Waals surface area contributed by atoms with E-state index in [1.54, 1.807) is 0 Å². The van der Waals surface area contributed by atoms with Crippen LogP contribution in [-0.4, -0.2) is 42.5 Å². The van der Waals surface area contributed by atoms with Crippen LogP contribution >= 0.6 is 0 Å². The number of ether oxygens (including phenoxy) is 1. The molecule has 0 aliphatic carbocycles. The van der Waals surface area contributed by atoms with Crippen molar-refractivity contribution in [3.63, 3.8) is 0 Å².